The van der Waals surface area contributed by atoms with Gasteiger partial charge in [0.1, 0.15) is 11.6 Å². The third-order valence-electron chi connectivity index (χ3n) is 3.85. The fourth-order valence-corrected chi connectivity index (χ4v) is 2.57. The number of furan rings is 1. The van der Waals surface area contributed by atoms with Gasteiger partial charge >= 0.3 is 6.03 Å². The molecule has 5 nitrogen and oxygen atoms in total. The summed E-state index contributed by atoms with van der Waals surface area (Å²) in [6.45, 7) is 1.13. The number of urea groups is 1. The zero-order valence-electron chi connectivity index (χ0n) is 12.0. The quantitative estimate of drug-likeness (QED) is 0.916. The van der Waals surface area contributed by atoms with Crippen LogP contribution in [0.4, 0.5) is 14.9 Å². The van der Waals surface area contributed by atoms with Crippen molar-refractivity contribution in [1.29, 1.82) is 0 Å². The zero-order chi connectivity index (χ0) is 15.5. The Bertz CT molecular complexity index is 657. The number of likely N-dealkylation sites (tertiary alicyclic amines) is 1. The first-order valence-corrected chi connectivity index (χ1v) is 7.17. The van der Waals surface area contributed by atoms with Gasteiger partial charge in [0.15, 0.2) is 0 Å². The molecule has 1 aliphatic heterocycles. The lowest BCUT2D eigenvalue weighted by Crippen LogP contribution is -2.33. The summed E-state index contributed by atoms with van der Waals surface area (Å²) >= 11 is 0. The van der Waals surface area contributed by atoms with Gasteiger partial charge in [-0.1, -0.05) is 0 Å². The number of aliphatic hydroxyl groups excluding tert-OH is 1. The summed E-state index contributed by atoms with van der Waals surface area (Å²) in [5, 5.41) is 11.7. The summed E-state index contributed by atoms with van der Waals surface area (Å²) in [4.78, 5) is 13.7. The van der Waals surface area contributed by atoms with Crippen molar-refractivity contribution in [3.05, 3.63) is 42.4 Å². The number of carbonyl (C=O) groups is 1. The van der Waals surface area contributed by atoms with Gasteiger partial charge in [-0.3, -0.25) is 0 Å². The molecule has 1 unspecified atom stereocenters. The van der Waals surface area contributed by atoms with Crippen LogP contribution >= 0.6 is 0 Å². The van der Waals surface area contributed by atoms with Crippen LogP contribution in [0.25, 0.3) is 11.3 Å². The first-order chi connectivity index (χ1) is 10.7. The van der Waals surface area contributed by atoms with E-state index in [-0.39, 0.29) is 24.2 Å². The van der Waals surface area contributed by atoms with Crippen molar-refractivity contribution >= 4 is 11.7 Å². The molecule has 0 saturated carbocycles. The molecular formula is C16H17FN2O3. The smallest absolute Gasteiger partial charge is 0.321 e. The number of amides is 2. The van der Waals surface area contributed by atoms with Crippen molar-refractivity contribution in [3.63, 3.8) is 0 Å². The van der Waals surface area contributed by atoms with Gasteiger partial charge in [-0.15, -0.1) is 0 Å². The summed E-state index contributed by atoms with van der Waals surface area (Å²) in [6.07, 6.45) is 2.29. The molecule has 0 radical (unpaired) electrons. The molecule has 0 spiro atoms. The maximum Gasteiger partial charge on any atom is 0.321 e. The molecule has 3 rings (SSSR count). The topological polar surface area (TPSA) is 65.7 Å². The Hall–Kier alpha value is -2.34. The maximum atomic E-state index is 14.1. The largest absolute Gasteiger partial charge is 0.464 e. The van der Waals surface area contributed by atoms with Gasteiger partial charge in [0.25, 0.3) is 0 Å². The number of nitrogens with zero attached hydrogens (tertiary/aromatic N) is 1. The Labute approximate surface area is 127 Å². The number of hydrogen-bond acceptors (Lipinski definition) is 3. The average molecular weight is 304 g/mol. The first-order valence-electron chi connectivity index (χ1n) is 7.17. The zero-order valence-corrected chi connectivity index (χ0v) is 12.0. The van der Waals surface area contributed by atoms with Gasteiger partial charge in [0, 0.05) is 31.2 Å². The molecule has 1 aromatic heterocycles. The lowest BCUT2D eigenvalue weighted by molar-refractivity contribution is 0.208. The van der Waals surface area contributed by atoms with Crippen LogP contribution in [0.15, 0.2) is 41.0 Å². The highest BCUT2D eigenvalue weighted by Gasteiger charge is 2.26. The number of carbonyl (C=O) groups excluding carboxylic acids is 1. The Kier molecular flexibility index (Phi) is 4.11. The monoisotopic (exact) mass is 304 g/mol. The van der Waals surface area contributed by atoms with Crippen molar-refractivity contribution in [3.8, 4) is 11.3 Å². The Morgan fingerprint density at radius 1 is 1.45 bits per heavy atom. The van der Waals surface area contributed by atoms with E-state index in [0.29, 0.717) is 24.4 Å². The second kappa shape index (κ2) is 6.19. The minimum absolute atomic E-state index is 0.0655. The van der Waals surface area contributed by atoms with Gasteiger partial charge in [-0.05, 0) is 36.8 Å². The predicted octanol–water partition coefficient (Wildman–Crippen LogP) is 2.93. The molecule has 2 aromatic rings. The molecule has 1 aromatic carbocycles. The van der Waals surface area contributed by atoms with Gasteiger partial charge in [-0.25, -0.2) is 9.18 Å². The van der Waals surface area contributed by atoms with Crippen LogP contribution in [0.5, 0.6) is 0 Å². The Morgan fingerprint density at radius 3 is 2.95 bits per heavy atom. The minimum atomic E-state index is -0.514. The molecule has 6 heteroatoms. The lowest BCUT2D eigenvalue weighted by atomic mass is 10.1. The highest BCUT2D eigenvalue weighted by atomic mass is 19.1. The average Bonchev–Trinajstić information content (AvgIpc) is 3.20. The number of aliphatic hydroxyl groups is 1. The van der Waals surface area contributed by atoms with E-state index in [1.54, 1.807) is 23.1 Å². The highest BCUT2D eigenvalue weighted by Crippen LogP contribution is 2.25. The fourth-order valence-electron chi connectivity index (χ4n) is 2.57. The summed E-state index contributed by atoms with van der Waals surface area (Å²) < 4.78 is 19.3. The van der Waals surface area contributed by atoms with E-state index >= 15 is 0 Å². The summed E-state index contributed by atoms with van der Waals surface area (Å²) in [5.41, 5.74) is 0.745. The van der Waals surface area contributed by atoms with Crippen molar-refractivity contribution in [2.24, 2.45) is 5.92 Å². The predicted molar refractivity (Wildman–Crippen MR) is 79.9 cm³/mol. The van der Waals surface area contributed by atoms with E-state index < -0.39 is 5.82 Å². The summed E-state index contributed by atoms with van der Waals surface area (Å²) in [6, 6.07) is 7.67. The molecule has 2 heterocycles. The SMILES string of the molecule is O=C(Nc1ccc(-c2ccco2)cc1F)N1CCC(CO)C1. The molecule has 22 heavy (non-hydrogen) atoms. The van der Waals surface area contributed by atoms with Crippen LogP contribution in [-0.4, -0.2) is 35.7 Å². The molecule has 1 fully saturated rings. The first kappa shape index (κ1) is 14.6. The second-order valence-electron chi connectivity index (χ2n) is 5.39. The van der Waals surface area contributed by atoms with Gasteiger partial charge in [-0.2, -0.15) is 0 Å². The summed E-state index contributed by atoms with van der Waals surface area (Å²) in [7, 11) is 0. The molecule has 2 amide bonds. The number of halogens is 1. The number of hydrogen-bond donors (Lipinski definition) is 2. The number of anilines is 1. The van der Waals surface area contributed by atoms with Crippen molar-refractivity contribution in [2.45, 2.75) is 6.42 Å². The van der Waals surface area contributed by atoms with Crippen molar-refractivity contribution in [1.82, 2.24) is 4.90 Å². The van der Waals surface area contributed by atoms with E-state index in [4.69, 9.17) is 9.52 Å². The molecule has 0 aliphatic carbocycles. The van der Waals surface area contributed by atoms with E-state index in [0.717, 1.165) is 6.42 Å². The number of nitrogens with one attached hydrogen (secondary N) is 1. The van der Waals surface area contributed by atoms with Crippen molar-refractivity contribution in [2.75, 3.05) is 25.0 Å². The second-order valence-corrected chi connectivity index (χ2v) is 5.39. The van der Waals surface area contributed by atoms with E-state index in [2.05, 4.69) is 5.32 Å². The van der Waals surface area contributed by atoms with Gasteiger partial charge < -0.3 is 19.7 Å². The molecule has 116 valence electrons. The van der Waals surface area contributed by atoms with E-state index in [9.17, 15) is 9.18 Å². The number of benzene rings is 1. The van der Waals surface area contributed by atoms with Gasteiger partial charge in [0.05, 0.1) is 12.0 Å². The minimum Gasteiger partial charge on any atom is -0.464 e. The van der Waals surface area contributed by atoms with Crippen LogP contribution in [0.1, 0.15) is 6.42 Å². The third-order valence-corrected chi connectivity index (χ3v) is 3.85. The Morgan fingerprint density at radius 2 is 2.32 bits per heavy atom. The normalized spacial score (nSPS) is 17.7. The van der Waals surface area contributed by atoms with Crippen LogP contribution < -0.4 is 5.32 Å². The maximum absolute atomic E-state index is 14.1. The van der Waals surface area contributed by atoms with Gasteiger partial charge in [0.2, 0.25) is 0 Å². The Balaban J connectivity index is 1.69. The molecular weight excluding hydrogens is 287 g/mol. The molecule has 2 N–H and O–H groups in total. The molecule has 0 bridgehead atoms. The van der Waals surface area contributed by atoms with Crippen LogP contribution in [0.2, 0.25) is 0 Å². The third kappa shape index (κ3) is 2.96. The molecule has 1 saturated heterocycles. The lowest BCUT2D eigenvalue weighted by Gasteiger charge is -2.17. The molecule has 1 aliphatic rings. The molecule has 1 atom stereocenters. The number of rotatable bonds is 3. The van der Waals surface area contributed by atoms with Crippen molar-refractivity contribution < 1.29 is 18.7 Å². The van der Waals surface area contributed by atoms with Crippen LogP contribution in [-0.2, 0) is 0 Å². The summed E-state index contributed by atoms with van der Waals surface area (Å²) in [5.74, 6) is 0.166. The highest BCUT2D eigenvalue weighted by molar-refractivity contribution is 5.90. The van der Waals surface area contributed by atoms with Crippen LogP contribution in [0, 0.1) is 11.7 Å². The van der Waals surface area contributed by atoms with Crippen LogP contribution in [0.3, 0.4) is 0 Å². The van der Waals surface area contributed by atoms with E-state index in [1.807, 2.05) is 0 Å². The fraction of sp³-hybridized carbons (Fsp3) is 0.312. The standard InChI is InChI=1S/C16H17FN2O3/c17-13-8-12(15-2-1-7-22-15)3-4-14(13)18-16(21)19-6-5-11(9-19)10-20/h1-4,7-8,11,20H,5-6,9-10H2,(H,18,21). The van der Waals surface area contributed by atoms with E-state index in [1.165, 1.54) is 18.4 Å².